The van der Waals surface area contributed by atoms with E-state index in [0.717, 1.165) is 17.7 Å². The number of aryl methyl sites for hydroxylation is 1. The Hall–Kier alpha value is -4.19. The van der Waals surface area contributed by atoms with Crippen molar-refractivity contribution in [3.8, 4) is 17.0 Å². The highest BCUT2D eigenvalue weighted by atomic mass is 16.5. The van der Waals surface area contributed by atoms with Crippen LogP contribution in [0.3, 0.4) is 0 Å². The molecule has 3 aromatic carbocycles. The molecule has 0 spiro atoms. The first kappa shape index (κ1) is 25.9. The highest BCUT2D eigenvalue weighted by Crippen LogP contribution is 2.27. The first-order chi connectivity index (χ1) is 18.1. The van der Waals surface area contributed by atoms with Crippen molar-refractivity contribution in [3.05, 3.63) is 119 Å². The SMILES string of the molecule is CCOc1ccc(-c2ccc(=O)n(CCCC(=O)NCCC(c3ccccc3)c3ccccc3)n2)cc1. The number of nitrogens with zero attached hydrogens (tertiary/aromatic N) is 2. The van der Waals surface area contributed by atoms with Gasteiger partial charge in [0.15, 0.2) is 0 Å². The second-order valence-electron chi connectivity index (χ2n) is 8.85. The largest absolute Gasteiger partial charge is 0.494 e. The highest BCUT2D eigenvalue weighted by Gasteiger charge is 2.14. The second kappa shape index (κ2) is 13.2. The zero-order valence-electron chi connectivity index (χ0n) is 21.2. The van der Waals surface area contributed by atoms with Crippen LogP contribution in [-0.4, -0.2) is 28.8 Å². The molecule has 0 unspecified atom stereocenters. The number of carbonyl (C=O) groups excluding carboxylic acids is 1. The standard InChI is InChI=1S/C31H33N3O3/c1-2-37-27-17-15-26(16-18-27)29-19-20-31(36)34(33-29)23-9-14-30(35)32-22-21-28(24-10-5-3-6-11-24)25-12-7-4-8-13-25/h3-8,10-13,15-20,28H,2,9,14,21-23H2,1H3,(H,32,35). The number of benzene rings is 3. The summed E-state index contributed by atoms with van der Waals surface area (Å²) in [6.45, 7) is 3.51. The molecule has 0 radical (unpaired) electrons. The van der Waals surface area contributed by atoms with Gasteiger partial charge in [0.1, 0.15) is 5.75 Å². The van der Waals surface area contributed by atoms with Crippen molar-refractivity contribution < 1.29 is 9.53 Å². The van der Waals surface area contributed by atoms with E-state index in [1.54, 1.807) is 6.07 Å². The van der Waals surface area contributed by atoms with Gasteiger partial charge in [-0.3, -0.25) is 9.59 Å². The Bertz CT molecular complexity index is 1280. The van der Waals surface area contributed by atoms with Gasteiger partial charge in [-0.15, -0.1) is 0 Å². The quantitative estimate of drug-likeness (QED) is 0.285. The molecule has 1 heterocycles. The normalized spacial score (nSPS) is 10.9. The van der Waals surface area contributed by atoms with Crippen LogP contribution >= 0.6 is 0 Å². The second-order valence-corrected chi connectivity index (χ2v) is 8.85. The van der Waals surface area contributed by atoms with Crippen LogP contribution in [0.2, 0.25) is 0 Å². The van der Waals surface area contributed by atoms with Gasteiger partial charge in [0.05, 0.1) is 12.3 Å². The monoisotopic (exact) mass is 495 g/mol. The number of aromatic nitrogens is 2. The van der Waals surface area contributed by atoms with Gasteiger partial charge in [-0.25, -0.2) is 4.68 Å². The highest BCUT2D eigenvalue weighted by molar-refractivity contribution is 5.75. The minimum absolute atomic E-state index is 0.0180. The van der Waals surface area contributed by atoms with Crippen molar-refractivity contribution in [3.63, 3.8) is 0 Å². The number of rotatable bonds is 12. The average Bonchev–Trinajstić information content (AvgIpc) is 2.94. The Morgan fingerprint density at radius 1 is 0.892 bits per heavy atom. The number of carbonyl (C=O) groups is 1. The van der Waals surface area contributed by atoms with Gasteiger partial charge in [0, 0.05) is 37.1 Å². The molecular weight excluding hydrogens is 462 g/mol. The smallest absolute Gasteiger partial charge is 0.266 e. The summed E-state index contributed by atoms with van der Waals surface area (Å²) in [7, 11) is 0. The fourth-order valence-electron chi connectivity index (χ4n) is 4.38. The van der Waals surface area contributed by atoms with Gasteiger partial charge >= 0.3 is 0 Å². The summed E-state index contributed by atoms with van der Waals surface area (Å²) in [5, 5.41) is 7.55. The van der Waals surface area contributed by atoms with Gasteiger partial charge in [0.25, 0.3) is 5.56 Å². The van der Waals surface area contributed by atoms with Crippen LogP contribution in [0.5, 0.6) is 5.75 Å². The molecule has 190 valence electrons. The van der Waals surface area contributed by atoms with Crippen molar-refractivity contribution in [2.75, 3.05) is 13.2 Å². The summed E-state index contributed by atoms with van der Waals surface area (Å²) < 4.78 is 6.92. The van der Waals surface area contributed by atoms with E-state index in [1.807, 2.05) is 67.6 Å². The van der Waals surface area contributed by atoms with Crippen LogP contribution in [0.4, 0.5) is 0 Å². The van der Waals surface area contributed by atoms with E-state index in [9.17, 15) is 9.59 Å². The molecule has 0 saturated heterocycles. The van der Waals surface area contributed by atoms with Gasteiger partial charge < -0.3 is 10.1 Å². The summed E-state index contributed by atoms with van der Waals surface area (Å²) in [5.74, 6) is 0.996. The first-order valence-corrected chi connectivity index (χ1v) is 12.8. The lowest BCUT2D eigenvalue weighted by molar-refractivity contribution is -0.121. The molecule has 1 aromatic heterocycles. The fourth-order valence-corrected chi connectivity index (χ4v) is 4.38. The molecule has 1 N–H and O–H groups in total. The lowest BCUT2D eigenvalue weighted by Crippen LogP contribution is -2.27. The third-order valence-corrected chi connectivity index (χ3v) is 6.26. The van der Waals surface area contributed by atoms with E-state index < -0.39 is 0 Å². The van der Waals surface area contributed by atoms with Gasteiger partial charge in [-0.2, -0.15) is 5.10 Å². The number of nitrogens with one attached hydrogen (secondary N) is 1. The lowest BCUT2D eigenvalue weighted by Gasteiger charge is -2.18. The van der Waals surface area contributed by atoms with E-state index in [2.05, 4.69) is 34.7 Å². The minimum atomic E-state index is -0.177. The van der Waals surface area contributed by atoms with Crippen LogP contribution in [0.25, 0.3) is 11.3 Å². The predicted octanol–water partition coefficient (Wildman–Crippen LogP) is 5.43. The maximum Gasteiger partial charge on any atom is 0.266 e. The van der Waals surface area contributed by atoms with Crippen molar-refractivity contribution in [1.29, 1.82) is 0 Å². The number of amides is 1. The summed E-state index contributed by atoms with van der Waals surface area (Å²) in [6.07, 6.45) is 1.68. The van der Waals surface area contributed by atoms with E-state index in [4.69, 9.17) is 4.74 Å². The average molecular weight is 496 g/mol. The molecule has 37 heavy (non-hydrogen) atoms. The summed E-state index contributed by atoms with van der Waals surface area (Å²) in [4.78, 5) is 24.8. The van der Waals surface area contributed by atoms with Crippen LogP contribution < -0.4 is 15.6 Å². The summed E-state index contributed by atoms with van der Waals surface area (Å²) >= 11 is 0. The molecule has 0 aliphatic heterocycles. The molecule has 0 aliphatic rings. The van der Waals surface area contributed by atoms with Gasteiger partial charge in [-0.05, 0) is 61.2 Å². The number of ether oxygens (including phenoxy) is 1. The number of hydrogen-bond acceptors (Lipinski definition) is 4. The Morgan fingerprint density at radius 3 is 2.16 bits per heavy atom. The zero-order valence-corrected chi connectivity index (χ0v) is 21.2. The molecule has 0 bridgehead atoms. The van der Waals surface area contributed by atoms with Crippen LogP contribution in [0.1, 0.15) is 43.2 Å². The Balaban J connectivity index is 1.28. The minimum Gasteiger partial charge on any atom is -0.494 e. The number of hydrogen-bond donors (Lipinski definition) is 1. The van der Waals surface area contributed by atoms with Crippen LogP contribution in [0.15, 0.2) is 102 Å². The Labute approximate surface area is 217 Å². The predicted molar refractivity (Wildman–Crippen MR) is 147 cm³/mol. The van der Waals surface area contributed by atoms with Crippen molar-refractivity contribution in [2.24, 2.45) is 0 Å². The molecule has 0 saturated carbocycles. The maximum atomic E-state index is 12.5. The Morgan fingerprint density at radius 2 is 1.54 bits per heavy atom. The van der Waals surface area contributed by atoms with Crippen molar-refractivity contribution in [1.82, 2.24) is 15.1 Å². The maximum absolute atomic E-state index is 12.5. The van der Waals surface area contributed by atoms with Gasteiger partial charge in [0.2, 0.25) is 5.91 Å². The topological polar surface area (TPSA) is 73.2 Å². The molecule has 6 nitrogen and oxygen atoms in total. The van der Waals surface area contributed by atoms with E-state index in [1.165, 1.54) is 21.9 Å². The molecule has 4 rings (SSSR count). The third-order valence-electron chi connectivity index (χ3n) is 6.26. The molecule has 0 atom stereocenters. The Kier molecular flexibility index (Phi) is 9.24. The zero-order chi connectivity index (χ0) is 25.9. The van der Waals surface area contributed by atoms with Gasteiger partial charge in [-0.1, -0.05) is 60.7 Å². The summed E-state index contributed by atoms with van der Waals surface area (Å²) in [5.41, 5.74) is 3.91. The molecule has 0 aliphatic carbocycles. The van der Waals surface area contributed by atoms with Crippen LogP contribution in [0, 0.1) is 0 Å². The van der Waals surface area contributed by atoms with Crippen molar-refractivity contribution >= 4 is 5.91 Å². The van der Waals surface area contributed by atoms with E-state index in [-0.39, 0.29) is 17.4 Å². The lowest BCUT2D eigenvalue weighted by atomic mass is 9.88. The van der Waals surface area contributed by atoms with Crippen LogP contribution in [-0.2, 0) is 11.3 Å². The fraction of sp³-hybridized carbons (Fsp3) is 0.258. The van der Waals surface area contributed by atoms with Crippen molar-refractivity contribution in [2.45, 2.75) is 38.6 Å². The molecular formula is C31H33N3O3. The molecule has 1 amide bonds. The third kappa shape index (κ3) is 7.40. The first-order valence-electron chi connectivity index (χ1n) is 12.8. The summed E-state index contributed by atoms with van der Waals surface area (Å²) in [6, 6.07) is 31.6. The molecule has 4 aromatic rings. The molecule has 0 fully saturated rings. The van der Waals surface area contributed by atoms with E-state index >= 15 is 0 Å². The van der Waals surface area contributed by atoms with E-state index in [0.29, 0.717) is 38.2 Å². The molecule has 6 heteroatoms.